The van der Waals surface area contributed by atoms with Crippen molar-refractivity contribution in [3.05, 3.63) is 29.8 Å². The van der Waals surface area contributed by atoms with Gasteiger partial charge in [0.05, 0.1) is 12.2 Å². The van der Waals surface area contributed by atoms with Crippen molar-refractivity contribution < 1.29 is 33.4 Å². The van der Waals surface area contributed by atoms with E-state index in [4.69, 9.17) is 9.47 Å². The summed E-state index contributed by atoms with van der Waals surface area (Å²) in [5.41, 5.74) is 0.341. The van der Waals surface area contributed by atoms with Gasteiger partial charge in [-0.1, -0.05) is 0 Å². The Hall–Kier alpha value is -1.14. The van der Waals surface area contributed by atoms with Gasteiger partial charge in [0.1, 0.15) is 24.1 Å². The Morgan fingerprint density at radius 3 is 2.45 bits per heavy atom. The summed E-state index contributed by atoms with van der Waals surface area (Å²) in [5, 5.41) is 28.5. The Morgan fingerprint density at radius 1 is 1.20 bits per heavy atom. The maximum Gasteiger partial charge on any atom is 0.485 e. The summed E-state index contributed by atoms with van der Waals surface area (Å²) >= 11 is 1.86. The zero-order valence-corrected chi connectivity index (χ0v) is 11.5. The van der Waals surface area contributed by atoms with E-state index in [-0.39, 0.29) is 6.61 Å². The van der Waals surface area contributed by atoms with Gasteiger partial charge in [0.25, 0.3) is 0 Å². The van der Waals surface area contributed by atoms with E-state index in [0.717, 1.165) is 0 Å². The summed E-state index contributed by atoms with van der Waals surface area (Å²) in [7, 11) is 0. The van der Waals surface area contributed by atoms with Gasteiger partial charge in [0, 0.05) is 0 Å². The number of aliphatic hydroxyl groups is 3. The molecule has 1 aliphatic rings. The largest absolute Gasteiger partial charge is 0.625 e. The number of hydrogen-bond donors (Lipinski definition) is 3. The maximum absolute atomic E-state index is 11.2. The quantitative estimate of drug-likeness (QED) is 0.598. The number of hydrogen-bond acceptors (Lipinski definition) is 7. The number of ether oxygens (including phenoxy) is 2. The molecule has 0 aliphatic carbocycles. The SMILES string of the molecule is O=C([O][Al])c1ccc(O[C@H]2OC[C@@H](O)[C@H](O)[C@H]2O)cc1. The average Bonchev–Trinajstić information content (AvgIpc) is 2.48. The highest BCUT2D eigenvalue weighted by molar-refractivity contribution is 6.09. The molecule has 1 heterocycles. The van der Waals surface area contributed by atoms with Crippen LogP contribution in [0.1, 0.15) is 10.4 Å². The first kappa shape index (κ1) is 15.3. The van der Waals surface area contributed by atoms with Gasteiger partial charge < -0.3 is 28.6 Å². The average molecular weight is 296 g/mol. The van der Waals surface area contributed by atoms with Gasteiger partial charge in [-0.2, -0.15) is 0 Å². The lowest BCUT2D eigenvalue weighted by atomic mass is 10.1. The first-order chi connectivity index (χ1) is 9.52. The smallest absolute Gasteiger partial charge is 0.485 e. The van der Waals surface area contributed by atoms with Crippen LogP contribution in [0.5, 0.6) is 5.75 Å². The summed E-state index contributed by atoms with van der Waals surface area (Å²) in [5.74, 6) is -0.160. The molecular weight excluding hydrogens is 283 g/mol. The first-order valence-electron chi connectivity index (χ1n) is 5.86. The minimum Gasteiger partial charge on any atom is -0.625 e. The van der Waals surface area contributed by atoms with Crippen LogP contribution in [0.25, 0.3) is 0 Å². The predicted molar refractivity (Wildman–Crippen MR) is 66.0 cm³/mol. The molecule has 2 radical (unpaired) electrons. The molecule has 8 heteroatoms. The van der Waals surface area contributed by atoms with E-state index in [1.54, 1.807) is 0 Å². The third-order valence-electron chi connectivity index (χ3n) is 2.90. The molecule has 0 spiro atoms. The lowest BCUT2D eigenvalue weighted by molar-refractivity contribution is -0.242. The van der Waals surface area contributed by atoms with Crippen LogP contribution in [0.15, 0.2) is 24.3 Å². The van der Waals surface area contributed by atoms with E-state index in [1.165, 1.54) is 24.3 Å². The highest BCUT2D eigenvalue weighted by Gasteiger charge is 2.38. The van der Waals surface area contributed by atoms with E-state index >= 15 is 0 Å². The molecule has 0 amide bonds. The third kappa shape index (κ3) is 3.30. The summed E-state index contributed by atoms with van der Waals surface area (Å²) in [6.07, 6.45) is -4.94. The van der Waals surface area contributed by atoms with Crippen molar-refractivity contribution in [3.8, 4) is 5.75 Å². The maximum atomic E-state index is 11.2. The van der Waals surface area contributed by atoms with Crippen molar-refractivity contribution in [1.82, 2.24) is 0 Å². The summed E-state index contributed by atoms with van der Waals surface area (Å²) in [4.78, 5) is 11.2. The molecule has 0 aromatic heterocycles. The summed E-state index contributed by atoms with van der Waals surface area (Å²) in [6.45, 7) is -0.139. The Bertz CT molecular complexity index is 463. The van der Waals surface area contributed by atoms with Crippen LogP contribution in [0, 0.1) is 0 Å². The highest BCUT2D eigenvalue weighted by Crippen LogP contribution is 2.21. The molecule has 0 saturated carbocycles. The number of carbonyl (C=O) groups excluding carboxylic acids is 1. The van der Waals surface area contributed by atoms with E-state index in [0.29, 0.717) is 11.3 Å². The fourth-order valence-corrected chi connectivity index (χ4v) is 1.89. The van der Waals surface area contributed by atoms with Crippen molar-refractivity contribution in [2.24, 2.45) is 0 Å². The minimum absolute atomic E-state index is 0.139. The van der Waals surface area contributed by atoms with Crippen molar-refractivity contribution in [2.75, 3.05) is 6.61 Å². The van der Waals surface area contributed by atoms with Crippen LogP contribution in [-0.4, -0.2) is 69.1 Å². The fourth-order valence-electron chi connectivity index (χ4n) is 1.75. The van der Waals surface area contributed by atoms with Gasteiger partial charge >= 0.3 is 22.6 Å². The Morgan fingerprint density at radius 2 is 1.85 bits per heavy atom. The molecule has 0 bridgehead atoms. The Labute approximate surface area is 123 Å². The Kier molecular flexibility index (Phi) is 4.99. The lowest BCUT2D eigenvalue weighted by Gasteiger charge is -2.34. The molecule has 2 rings (SSSR count). The molecule has 1 aromatic rings. The normalized spacial score (nSPS) is 29.8. The van der Waals surface area contributed by atoms with E-state index in [2.05, 4.69) is 3.79 Å². The molecule has 4 atom stereocenters. The van der Waals surface area contributed by atoms with Crippen LogP contribution in [0.2, 0.25) is 0 Å². The third-order valence-corrected chi connectivity index (χ3v) is 3.12. The Balaban J connectivity index is 2.01. The second-order valence-corrected chi connectivity index (χ2v) is 4.53. The number of benzene rings is 1. The topological polar surface area (TPSA) is 105 Å². The van der Waals surface area contributed by atoms with Gasteiger partial charge in [0.15, 0.2) is 0 Å². The predicted octanol–water partition coefficient (Wildman–Crippen LogP) is -1.26. The number of carbonyl (C=O) groups is 1. The summed E-state index contributed by atoms with van der Waals surface area (Å²) < 4.78 is 14.9. The molecule has 20 heavy (non-hydrogen) atoms. The van der Waals surface area contributed by atoms with E-state index < -0.39 is 30.6 Å². The zero-order chi connectivity index (χ0) is 14.7. The molecule has 3 N–H and O–H groups in total. The summed E-state index contributed by atoms with van der Waals surface area (Å²) in [6, 6.07) is 5.99. The van der Waals surface area contributed by atoms with Crippen LogP contribution in [0.3, 0.4) is 0 Å². The van der Waals surface area contributed by atoms with Crippen LogP contribution >= 0.6 is 0 Å². The van der Waals surface area contributed by atoms with Crippen LogP contribution < -0.4 is 4.74 Å². The van der Waals surface area contributed by atoms with E-state index in [9.17, 15) is 20.1 Å². The van der Waals surface area contributed by atoms with Crippen LogP contribution in [0.4, 0.5) is 0 Å². The molecule has 0 unspecified atom stereocenters. The highest BCUT2D eigenvalue weighted by atomic mass is 27.1. The molecule has 1 fully saturated rings. The van der Waals surface area contributed by atoms with Gasteiger partial charge in [-0.05, 0) is 24.3 Å². The van der Waals surface area contributed by atoms with Crippen molar-refractivity contribution >= 4 is 22.6 Å². The molecule has 1 saturated heterocycles. The van der Waals surface area contributed by atoms with Gasteiger partial charge in [-0.25, -0.2) is 4.79 Å². The molecular formula is C12H13AlO7. The second-order valence-electron chi connectivity index (χ2n) is 4.30. The van der Waals surface area contributed by atoms with Gasteiger partial charge in [-0.15, -0.1) is 0 Å². The fraction of sp³-hybridized carbons (Fsp3) is 0.417. The monoisotopic (exact) mass is 296 g/mol. The molecule has 106 valence electrons. The van der Waals surface area contributed by atoms with Crippen molar-refractivity contribution in [2.45, 2.75) is 24.6 Å². The zero-order valence-electron chi connectivity index (χ0n) is 10.4. The standard InChI is InChI=1S/C12H14O7.Al/c13-8-5-18-12(10(15)9(8)14)19-7-3-1-6(2-4-7)11(16)17;/h1-4,8-10,12-15H,5H2,(H,16,17);/q;+1/p-1/t8-,9+,10-,12-;/m1./s1. The van der Waals surface area contributed by atoms with Gasteiger partial charge in [0.2, 0.25) is 6.29 Å². The first-order valence-corrected chi connectivity index (χ1v) is 6.33. The lowest BCUT2D eigenvalue weighted by Crippen LogP contribution is -2.54. The number of rotatable bonds is 3. The molecule has 7 nitrogen and oxygen atoms in total. The molecule has 1 aliphatic heterocycles. The second kappa shape index (κ2) is 6.54. The van der Waals surface area contributed by atoms with Crippen LogP contribution in [-0.2, 0) is 8.53 Å². The van der Waals surface area contributed by atoms with Crippen molar-refractivity contribution in [3.63, 3.8) is 0 Å². The number of aliphatic hydroxyl groups excluding tert-OH is 3. The molecule has 1 aromatic carbocycles. The van der Waals surface area contributed by atoms with Gasteiger partial charge in [-0.3, -0.25) is 0 Å². The van der Waals surface area contributed by atoms with Crippen molar-refractivity contribution in [1.29, 1.82) is 0 Å². The van der Waals surface area contributed by atoms with E-state index in [1.807, 2.05) is 16.6 Å². The minimum atomic E-state index is -1.37.